The van der Waals surface area contributed by atoms with Crippen LogP contribution in [-0.2, 0) is 0 Å². The summed E-state index contributed by atoms with van der Waals surface area (Å²) in [6, 6.07) is 2.85. The van der Waals surface area contributed by atoms with E-state index in [1.807, 2.05) is 0 Å². The maximum Gasteiger partial charge on any atom is 0.162 e. The highest BCUT2D eigenvalue weighted by Gasteiger charge is 2.20. The third kappa shape index (κ3) is 1.30. The van der Waals surface area contributed by atoms with Crippen molar-refractivity contribution >= 4 is 11.6 Å². The van der Waals surface area contributed by atoms with Gasteiger partial charge in [0, 0.05) is 0 Å². The van der Waals surface area contributed by atoms with E-state index in [-0.39, 0.29) is 10.6 Å². The molecule has 0 aromatic heterocycles. The number of hydrogen-bond donors (Lipinski definition) is 0. The van der Waals surface area contributed by atoms with Crippen molar-refractivity contribution in [1.29, 1.82) is 10.5 Å². The highest BCUT2D eigenvalue weighted by Crippen LogP contribution is 2.28. The lowest BCUT2D eigenvalue weighted by molar-refractivity contribution is 0.572. The Morgan fingerprint density at radius 1 is 1.07 bits per heavy atom. The van der Waals surface area contributed by atoms with Gasteiger partial charge >= 0.3 is 0 Å². The molecule has 0 heterocycles. The van der Waals surface area contributed by atoms with Gasteiger partial charge in [0.1, 0.15) is 17.7 Å². The molecular formula is C9H3ClF2N2. The number of benzene rings is 1. The number of nitrogens with zero attached hydrogens (tertiary/aromatic N) is 2. The Morgan fingerprint density at radius 2 is 1.57 bits per heavy atom. The van der Waals surface area contributed by atoms with E-state index in [0.29, 0.717) is 0 Å². The summed E-state index contributed by atoms with van der Waals surface area (Å²) in [5.41, 5.74) is -1.21. The van der Waals surface area contributed by atoms with Gasteiger partial charge in [-0.2, -0.15) is 10.5 Å². The predicted octanol–water partition coefficient (Wildman–Crippen LogP) is 2.67. The molecule has 2 nitrogen and oxygen atoms in total. The minimum Gasteiger partial charge on any atom is -0.204 e. The fourth-order valence-electron chi connectivity index (χ4n) is 1.00. The molecule has 0 aliphatic carbocycles. The third-order valence-corrected chi connectivity index (χ3v) is 2.23. The summed E-state index contributed by atoms with van der Waals surface area (Å²) in [5, 5.41) is 16.6. The van der Waals surface area contributed by atoms with Crippen LogP contribution in [-0.4, -0.2) is 0 Å². The molecule has 0 atom stereocenters. The van der Waals surface area contributed by atoms with Gasteiger partial charge < -0.3 is 0 Å². The Hall–Kier alpha value is -1.65. The lowest BCUT2D eigenvalue weighted by Gasteiger charge is -2.05. The van der Waals surface area contributed by atoms with Crippen LogP contribution in [0.25, 0.3) is 0 Å². The van der Waals surface area contributed by atoms with E-state index in [2.05, 4.69) is 0 Å². The zero-order chi connectivity index (χ0) is 10.9. The molecule has 0 saturated heterocycles. The van der Waals surface area contributed by atoms with E-state index in [1.54, 1.807) is 0 Å². The Morgan fingerprint density at radius 3 is 2.00 bits per heavy atom. The SMILES string of the molecule is Cc1c(Cl)c(F)c(C#N)c(F)c1C#N. The van der Waals surface area contributed by atoms with Gasteiger partial charge in [-0.05, 0) is 12.5 Å². The summed E-state index contributed by atoms with van der Waals surface area (Å²) in [6.07, 6.45) is 0. The number of nitriles is 2. The Bertz CT molecular complexity index is 442. The zero-order valence-corrected chi connectivity index (χ0v) is 7.78. The van der Waals surface area contributed by atoms with Gasteiger partial charge in [-0.1, -0.05) is 11.6 Å². The van der Waals surface area contributed by atoms with Crippen LogP contribution >= 0.6 is 11.6 Å². The summed E-state index contributed by atoms with van der Waals surface area (Å²) in [5.74, 6) is -2.28. The molecule has 0 N–H and O–H groups in total. The third-order valence-electron chi connectivity index (χ3n) is 1.78. The molecule has 0 saturated carbocycles. The quantitative estimate of drug-likeness (QED) is 0.621. The minimum atomic E-state index is -1.16. The van der Waals surface area contributed by atoms with Crippen LogP contribution < -0.4 is 0 Å². The van der Waals surface area contributed by atoms with Crippen molar-refractivity contribution < 1.29 is 8.78 Å². The van der Waals surface area contributed by atoms with E-state index < -0.39 is 22.8 Å². The number of hydrogen-bond acceptors (Lipinski definition) is 2. The second-order valence-corrected chi connectivity index (χ2v) is 2.92. The van der Waals surface area contributed by atoms with Crippen LogP contribution in [0.3, 0.4) is 0 Å². The van der Waals surface area contributed by atoms with Gasteiger partial charge in [0.05, 0.1) is 10.6 Å². The van der Waals surface area contributed by atoms with Gasteiger partial charge in [0.15, 0.2) is 11.6 Å². The summed E-state index contributed by atoms with van der Waals surface area (Å²) in [4.78, 5) is 0. The first-order valence-corrected chi connectivity index (χ1v) is 3.89. The standard InChI is InChI=1S/C9H3ClF2N2/c1-4-5(2-13)8(11)6(3-14)9(12)7(4)10/h1H3. The van der Waals surface area contributed by atoms with Crippen molar-refractivity contribution in [2.24, 2.45) is 0 Å². The highest BCUT2D eigenvalue weighted by molar-refractivity contribution is 6.31. The largest absolute Gasteiger partial charge is 0.204 e. The van der Waals surface area contributed by atoms with Crippen LogP contribution in [0.15, 0.2) is 0 Å². The van der Waals surface area contributed by atoms with E-state index in [9.17, 15) is 8.78 Å². The molecular weight excluding hydrogens is 210 g/mol. The Labute approximate surface area is 83.9 Å². The second kappa shape index (κ2) is 3.61. The molecule has 0 fully saturated rings. The highest BCUT2D eigenvalue weighted by atomic mass is 35.5. The van der Waals surface area contributed by atoms with Crippen molar-refractivity contribution in [3.8, 4) is 12.1 Å². The zero-order valence-electron chi connectivity index (χ0n) is 7.03. The maximum atomic E-state index is 13.2. The van der Waals surface area contributed by atoms with Crippen molar-refractivity contribution in [1.82, 2.24) is 0 Å². The molecule has 0 amide bonds. The summed E-state index contributed by atoms with van der Waals surface area (Å²) in [7, 11) is 0. The molecule has 1 rings (SSSR count). The van der Waals surface area contributed by atoms with Gasteiger partial charge in [-0.15, -0.1) is 0 Å². The molecule has 0 aliphatic rings. The van der Waals surface area contributed by atoms with Crippen molar-refractivity contribution in [3.63, 3.8) is 0 Å². The summed E-state index contributed by atoms with van der Waals surface area (Å²) < 4.78 is 26.4. The molecule has 0 aliphatic heterocycles. The second-order valence-electron chi connectivity index (χ2n) is 2.54. The van der Waals surface area contributed by atoms with Crippen molar-refractivity contribution in [3.05, 3.63) is 33.3 Å². The molecule has 0 unspecified atom stereocenters. The molecule has 0 radical (unpaired) electrons. The van der Waals surface area contributed by atoms with Gasteiger partial charge in [-0.25, -0.2) is 8.78 Å². The fourth-order valence-corrected chi connectivity index (χ4v) is 1.19. The maximum absolute atomic E-state index is 13.2. The van der Waals surface area contributed by atoms with Gasteiger partial charge in [-0.3, -0.25) is 0 Å². The van der Waals surface area contributed by atoms with Crippen molar-refractivity contribution in [2.45, 2.75) is 6.92 Å². The number of halogens is 3. The average molecular weight is 213 g/mol. The minimum absolute atomic E-state index is 0.00293. The van der Waals surface area contributed by atoms with E-state index in [1.165, 1.54) is 19.1 Å². The van der Waals surface area contributed by atoms with Gasteiger partial charge in [0.25, 0.3) is 0 Å². The number of rotatable bonds is 0. The van der Waals surface area contributed by atoms with Crippen LogP contribution in [0.2, 0.25) is 5.02 Å². The molecule has 1 aromatic rings. The van der Waals surface area contributed by atoms with Crippen LogP contribution in [0.5, 0.6) is 0 Å². The first-order chi connectivity index (χ1) is 6.54. The summed E-state index contributed by atoms with van der Waals surface area (Å²) >= 11 is 5.47. The molecule has 1 aromatic carbocycles. The lowest BCUT2D eigenvalue weighted by atomic mass is 10.0. The average Bonchev–Trinajstić information content (AvgIpc) is 2.16. The first kappa shape index (κ1) is 10.4. The lowest BCUT2D eigenvalue weighted by Crippen LogP contribution is -1.99. The van der Waals surface area contributed by atoms with E-state index >= 15 is 0 Å². The predicted molar refractivity (Wildman–Crippen MR) is 45.5 cm³/mol. The molecule has 0 bridgehead atoms. The van der Waals surface area contributed by atoms with Crippen LogP contribution in [0, 0.1) is 41.2 Å². The summed E-state index contributed by atoms with van der Waals surface area (Å²) in [6.45, 7) is 1.31. The molecule has 0 spiro atoms. The Kier molecular flexibility index (Phi) is 2.69. The normalized spacial score (nSPS) is 9.29. The molecule has 14 heavy (non-hydrogen) atoms. The van der Waals surface area contributed by atoms with Crippen LogP contribution in [0.1, 0.15) is 16.7 Å². The topological polar surface area (TPSA) is 47.6 Å². The van der Waals surface area contributed by atoms with Gasteiger partial charge in [0.2, 0.25) is 0 Å². The Balaban J connectivity index is 3.78. The van der Waals surface area contributed by atoms with Crippen molar-refractivity contribution in [2.75, 3.05) is 0 Å². The first-order valence-electron chi connectivity index (χ1n) is 3.51. The van der Waals surface area contributed by atoms with E-state index in [0.717, 1.165) is 0 Å². The smallest absolute Gasteiger partial charge is 0.162 e. The molecule has 5 heteroatoms. The monoisotopic (exact) mass is 212 g/mol. The molecule has 70 valence electrons. The van der Waals surface area contributed by atoms with Crippen LogP contribution in [0.4, 0.5) is 8.78 Å². The van der Waals surface area contributed by atoms with E-state index in [4.69, 9.17) is 22.1 Å². The fraction of sp³-hybridized carbons (Fsp3) is 0.111.